The molecule has 1 atom stereocenters. The maximum atomic E-state index is 12.4. The number of hydrogen-bond acceptors (Lipinski definition) is 2. The molecular formula is C15H20BrF3N4. The zero-order chi connectivity index (χ0) is 16.9. The number of nitrogens with zero attached hydrogens (tertiary/aromatic N) is 2. The van der Waals surface area contributed by atoms with Gasteiger partial charge in [-0.25, -0.2) is 0 Å². The third-order valence-electron chi connectivity index (χ3n) is 3.61. The monoisotopic (exact) mass is 392 g/mol. The maximum Gasteiger partial charge on any atom is 0.401 e. The van der Waals surface area contributed by atoms with Crippen LogP contribution in [0.5, 0.6) is 0 Å². The summed E-state index contributed by atoms with van der Waals surface area (Å²) in [5.41, 5.74) is 1.10. The molecule has 1 aliphatic rings. The number of halogens is 4. The minimum Gasteiger partial charge on any atom is -0.352 e. The summed E-state index contributed by atoms with van der Waals surface area (Å²) in [5, 5.41) is 6.36. The van der Waals surface area contributed by atoms with Gasteiger partial charge in [-0.3, -0.25) is 9.89 Å². The van der Waals surface area contributed by atoms with E-state index in [-0.39, 0.29) is 6.04 Å². The number of alkyl halides is 3. The fourth-order valence-electron chi connectivity index (χ4n) is 2.52. The lowest BCUT2D eigenvalue weighted by atomic mass is 10.2. The smallest absolute Gasteiger partial charge is 0.352 e. The number of rotatable bonds is 4. The lowest BCUT2D eigenvalue weighted by Crippen LogP contribution is -2.44. The van der Waals surface area contributed by atoms with Crippen molar-refractivity contribution in [1.82, 2.24) is 15.5 Å². The van der Waals surface area contributed by atoms with Crippen molar-refractivity contribution in [2.75, 3.05) is 26.7 Å². The van der Waals surface area contributed by atoms with Crippen molar-refractivity contribution in [3.8, 4) is 0 Å². The molecule has 1 fully saturated rings. The Hall–Kier alpha value is -1.28. The molecule has 128 valence electrons. The predicted molar refractivity (Wildman–Crippen MR) is 88.4 cm³/mol. The number of nitrogens with one attached hydrogen (secondary N) is 2. The average Bonchev–Trinajstić information content (AvgIpc) is 2.90. The number of guanidine groups is 1. The van der Waals surface area contributed by atoms with Gasteiger partial charge in [0.25, 0.3) is 0 Å². The van der Waals surface area contributed by atoms with E-state index in [2.05, 4.69) is 31.6 Å². The topological polar surface area (TPSA) is 39.7 Å². The van der Waals surface area contributed by atoms with Crippen LogP contribution in [0.25, 0.3) is 0 Å². The Morgan fingerprint density at radius 1 is 1.35 bits per heavy atom. The van der Waals surface area contributed by atoms with Crippen LogP contribution in [-0.2, 0) is 6.54 Å². The van der Waals surface area contributed by atoms with Crippen molar-refractivity contribution < 1.29 is 13.2 Å². The van der Waals surface area contributed by atoms with E-state index >= 15 is 0 Å². The van der Waals surface area contributed by atoms with E-state index in [0.717, 1.165) is 10.0 Å². The Bertz CT molecular complexity index is 531. The highest BCUT2D eigenvalue weighted by molar-refractivity contribution is 9.10. The van der Waals surface area contributed by atoms with E-state index in [9.17, 15) is 13.2 Å². The molecule has 2 rings (SSSR count). The molecule has 1 heterocycles. The zero-order valence-electron chi connectivity index (χ0n) is 12.8. The third kappa shape index (κ3) is 6.39. The van der Waals surface area contributed by atoms with Crippen LogP contribution in [0.15, 0.2) is 33.7 Å². The van der Waals surface area contributed by atoms with Gasteiger partial charge in [0.15, 0.2) is 5.96 Å². The number of likely N-dealkylation sites (tertiary alicyclic amines) is 1. The molecule has 0 spiro atoms. The molecule has 1 unspecified atom stereocenters. The normalized spacial score (nSPS) is 19.9. The van der Waals surface area contributed by atoms with Crippen molar-refractivity contribution in [3.63, 3.8) is 0 Å². The molecule has 1 aliphatic heterocycles. The predicted octanol–water partition coefficient (Wildman–Crippen LogP) is 2.75. The first kappa shape index (κ1) is 18.1. The van der Waals surface area contributed by atoms with Crippen molar-refractivity contribution >= 4 is 21.9 Å². The molecule has 0 bridgehead atoms. The van der Waals surface area contributed by atoms with Gasteiger partial charge in [0.1, 0.15) is 0 Å². The fraction of sp³-hybridized carbons (Fsp3) is 0.533. The van der Waals surface area contributed by atoms with Crippen molar-refractivity contribution in [2.45, 2.75) is 25.2 Å². The third-order valence-corrected chi connectivity index (χ3v) is 4.14. The Morgan fingerprint density at radius 2 is 2.04 bits per heavy atom. The fourth-order valence-corrected chi connectivity index (χ4v) is 2.79. The van der Waals surface area contributed by atoms with Gasteiger partial charge in [-0.15, -0.1) is 0 Å². The second kappa shape index (κ2) is 8.01. The Kier molecular flexibility index (Phi) is 6.29. The lowest BCUT2D eigenvalue weighted by Gasteiger charge is -2.19. The Morgan fingerprint density at radius 3 is 2.65 bits per heavy atom. The van der Waals surface area contributed by atoms with E-state index in [1.54, 1.807) is 7.05 Å². The van der Waals surface area contributed by atoms with Crippen LogP contribution in [0.3, 0.4) is 0 Å². The molecular weight excluding hydrogens is 373 g/mol. The molecule has 1 aromatic carbocycles. The minimum atomic E-state index is -4.14. The number of benzene rings is 1. The summed E-state index contributed by atoms with van der Waals surface area (Å²) in [6, 6.07) is 7.88. The second-order valence-corrected chi connectivity index (χ2v) is 6.45. The summed E-state index contributed by atoms with van der Waals surface area (Å²) < 4.78 is 38.2. The highest BCUT2D eigenvalue weighted by Crippen LogP contribution is 2.19. The van der Waals surface area contributed by atoms with Crippen molar-refractivity contribution in [1.29, 1.82) is 0 Å². The van der Waals surface area contributed by atoms with Crippen LogP contribution in [-0.4, -0.2) is 49.8 Å². The van der Waals surface area contributed by atoms with Crippen LogP contribution in [0.2, 0.25) is 0 Å². The van der Waals surface area contributed by atoms with Gasteiger partial charge in [0.2, 0.25) is 0 Å². The van der Waals surface area contributed by atoms with E-state index in [4.69, 9.17) is 0 Å². The highest BCUT2D eigenvalue weighted by atomic mass is 79.9. The van der Waals surface area contributed by atoms with E-state index in [1.165, 1.54) is 4.90 Å². The first-order valence-electron chi connectivity index (χ1n) is 7.36. The molecule has 8 heteroatoms. The maximum absolute atomic E-state index is 12.4. The molecule has 0 amide bonds. The van der Waals surface area contributed by atoms with Gasteiger partial charge < -0.3 is 10.6 Å². The molecule has 1 aromatic rings. The second-order valence-electron chi connectivity index (χ2n) is 5.53. The Balaban J connectivity index is 1.78. The molecule has 2 N–H and O–H groups in total. The largest absolute Gasteiger partial charge is 0.401 e. The zero-order valence-corrected chi connectivity index (χ0v) is 14.4. The molecule has 0 saturated carbocycles. The standard InChI is InChI=1S/C15H20BrF3N4/c1-20-14(21-8-11-2-4-12(16)5-3-11)22-13-6-7-23(9-13)10-15(17,18)19/h2-5,13H,6-10H2,1H3,(H2,20,21,22). The molecule has 23 heavy (non-hydrogen) atoms. The summed E-state index contributed by atoms with van der Waals surface area (Å²) in [6.45, 7) is 0.571. The van der Waals surface area contributed by atoms with Crippen LogP contribution in [0, 0.1) is 0 Å². The van der Waals surface area contributed by atoms with Gasteiger partial charge in [-0.05, 0) is 24.1 Å². The van der Waals surface area contributed by atoms with Crippen LogP contribution in [0.1, 0.15) is 12.0 Å². The van der Waals surface area contributed by atoms with Crippen LogP contribution in [0.4, 0.5) is 13.2 Å². The van der Waals surface area contributed by atoms with Crippen molar-refractivity contribution in [2.24, 2.45) is 4.99 Å². The minimum absolute atomic E-state index is 0.0199. The summed E-state index contributed by atoms with van der Waals surface area (Å²) in [6.07, 6.45) is -3.47. The molecule has 1 saturated heterocycles. The number of aliphatic imine (C=N–C) groups is 1. The van der Waals surface area contributed by atoms with Gasteiger partial charge in [-0.2, -0.15) is 13.2 Å². The molecule has 0 radical (unpaired) electrons. The SMILES string of the molecule is CN=C(NCc1ccc(Br)cc1)NC1CCN(CC(F)(F)F)C1. The van der Waals surface area contributed by atoms with E-state index in [0.29, 0.717) is 32.0 Å². The first-order chi connectivity index (χ1) is 10.9. The van der Waals surface area contributed by atoms with E-state index < -0.39 is 12.7 Å². The summed E-state index contributed by atoms with van der Waals surface area (Å²) in [7, 11) is 1.65. The summed E-state index contributed by atoms with van der Waals surface area (Å²) in [4.78, 5) is 5.54. The number of hydrogen-bond donors (Lipinski definition) is 2. The quantitative estimate of drug-likeness (QED) is 0.611. The molecule has 4 nitrogen and oxygen atoms in total. The Labute approximate surface area is 142 Å². The van der Waals surface area contributed by atoms with Gasteiger partial charge in [0, 0.05) is 37.2 Å². The molecule has 0 aromatic heterocycles. The van der Waals surface area contributed by atoms with Gasteiger partial charge in [-0.1, -0.05) is 28.1 Å². The van der Waals surface area contributed by atoms with Gasteiger partial charge in [0.05, 0.1) is 6.54 Å². The highest BCUT2D eigenvalue weighted by Gasteiger charge is 2.34. The van der Waals surface area contributed by atoms with E-state index in [1.807, 2.05) is 24.3 Å². The first-order valence-corrected chi connectivity index (χ1v) is 8.16. The van der Waals surface area contributed by atoms with Crippen LogP contribution < -0.4 is 10.6 Å². The summed E-state index contributed by atoms with van der Waals surface area (Å²) >= 11 is 3.38. The lowest BCUT2D eigenvalue weighted by molar-refractivity contribution is -0.143. The van der Waals surface area contributed by atoms with Crippen molar-refractivity contribution in [3.05, 3.63) is 34.3 Å². The average molecular weight is 393 g/mol. The summed E-state index contributed by atoms with van der Waals surface area (Å²) in [5.74, 6) is 0.603. The van der Waals surface area contributed by atoms with Gasteiger partial charge >= 0.3 is 6.18 Å². The van der Waals surface area contributed by atoms with Crippen LogP contribution >= 0.6 is 15.9 Å². The molecule has 0 aliphatic carbocycles.